The maximum atomic E-state index is 5.19. The fourth-order valence-electron chi connectivity index (χ4n) is 5.61. The molecular weight excluding hydrogens is 450 g/mol. The molecule has 36 heavy (non-hydrogen) atoms. The van der Waals surface area contributed by atoms with Gasteiger partial charge in [0.15, 0.2) is 0 Å². The third-order valence-corrected chi connectivity index (χ3v) is 7.35. The summed E-state index contributed by atoms with van der Waals surface area (Å²) in [5, 5.41) is 8.07. The third kappa shape index (κ3) is 4.15. The molecule has 3 aliphatic heterocycles. The van der Waals surface area contributed by atoms with E-state index in [2.05, 4.69) is 76.4 Å². The van der Waals surface area contributed by atoms with Crippen molar-refractivity contribution in [3.05, 3.63) is 66.2 Å². The minimum atomic E-state index is 0.346. The van der Waals surface area contributed by atoms with Crippen LogP contribution in [-0.4, -0.2) is 62.8 Å². The van der Waals surface area contributed by atoms with E-state index in [1.165, 1.54) is 12.0 Å². The van der Waals surface area contributed by atoms with Crippen LogP contribution in [0.5, 0.6) is 5.88 Å². The number of piperazine rings is 1. The van der Waals surface area contributed by atoms with Gasteiger partial charge in [-0.2, -0.15) is 5.10 Å². The number of aryl methyl sites for hydroxylation is 1. The Hall–Kier alpha value is -3.65. The standard InChI is InChI=1S/C28H33N7O/c1-18(2)32-22-9-25(28-19(3)11-31-35(28)15-22)21-6-7-26(29-13-21)33-16-23-10-24(17-33)34(23)14-20-5-8-27(36-4)30-12-20/h5-9,11-13,15,18,23-24,32H,10,14,16-17H2,1-4H3. The molecule has 8 heteroatoms. The number of ether oxygens (including phenoxy) is 1. The van der Waals surface area contributed by atoms with Gasteiger partial charge in [0.25, 0.3) is 0 Å². The van der Waals surface area contributed by atoms with Crippen LogP contribution in [0, 0.1) is 6.92 Å². The molecule has 0 saturated carbocycles. The first-order chi connectivity index (χ1) is 17.5. The molecule has 7 heterocycles. The molecule has 1 N–H and O–H groups in total. The molecule has 3 aliphatic rings. The van der Waals surface area contributed by atoms with E-state index in [9.17, 15) is 0 Å². The summed E-state index contributed by atoms with van der Waals surface area (Å²) in [4.78, 5) is 14.3. The van der Waals surface area contributed by atoms with Gasteiger partial charge in [0.2, 0.25) is 5.88 Å². The largest absolute Gasteiger partial charge is 0.481 e. The normalized spacial score (nSPS) is 19.5. The van der Waals surface area contributed by atoms with Crippen LogP contribution in [0.25, 0.3) is 16.6 Å². The zero-order chi connectivity index (χ0) is 24.8. The van der Waals surface area contributed by atoms with E-state index in [0.717, 1.165) is 53.3 Å². The minimum absolute atomic E-state index is 0.346. The van der Waals surface area contributed by atoms with Crippen LogP contribution >= 0.6 is 0 Å². The zero-order valence-corrected chi connectivity index (χ0v) is 21.3. The molecule has 0 radical (unpaired) electrons. The zero-order valence-electron chi connectivity index (χ0n) is 21.3. The van der Waals surface area contributed by atoms with E-state index in [-0.39, 0.29) is 0 Å². The average Bonchev–Trinajstić information content (AvgIpc) is 3.27. The van der Waals surface area contributed by atoms with Gasteiger partial charge in [0, 0.05) is 67.3 Å². The SMILES string of the molecule is COc1ccc(CN2C3CC2CN(c2ccc(-c4cc(NC(C)C)cn5ncc(C)c45)cn2)C3)cn1. The molecule has 0 spiro atoms. The predicted octanol–water partition coefficient (Wildman–Crippen LogP) is 4.39. The number of anilines is 2. The second-order valence-electron chi connectivity index (χ2n) is 10.3. The average molecular weight is 484 g/mol. The lowest BCUT2D eigenvalue weighted by atomic mass is 9.87. The molecular formula is C28H33N7O. The van der Waals surface area contributed by atoms with E-state index in [4.69, 9.17) is 9.72 Å². The fourth-order valence-corrected chi connectivity index (χ4v) is 5.61. The highest BCUT2D eigenvalue weighted by atomic mass is 16.5. The van der Waals surface area contributed by atoms with Crippen molar-refractivity contribution in [3.8, 4) is 17.0 Å². The molecule has 0 amide bonds. The lowest BCUT2D eigenvalue weighted by Gasteiger charge is -2.56. The maximum absolute atomic E-state index is 5.19. The van der Waals surface area contributed by atoms with Crippen molar-refractivity contribution in [2.75, 3.05) is 30.4 Å². The molecule has 2 bridgehead atoms. The number of hydrogen-bond acceptors (Lipinski definition) is 7. The van der Waals surface area contributed by atoms with Crippen molar-refractivity contribution < 1.29 is 4.74 Å². The Labute approximate surface area is 211 Å². The quantitative estimate of drug-likeness (QED) is 0.418. The highest BCUT2D eigenvalue weighted by Gasteiger charge is 2.44. The van der Waals surface area contributed by atoms with Crippen molar-refractivity contribution in [3.63, 3.8) is 0 Å². The van der Waals surface area contributed by atoms with Crippen molar-refractivity contribution in [2.24, 2.45) is 0 Å². The van der Waals surface area contributed by atoms with Crippen LogP contribution in [0.2, 0.25) is 0 Å². The van der Waals surface area contributed by atoms with Gasteiger partial charge < -0.3 is 15.0 Å². The summed E-state index contributed by atoms with van der Waals surface area (Å²) >= 11 is 0. The Morgan fingerprint density at radius 3 is 2.56 bits per heavy atom. The molecule has 0 aromatic carbocycles. The molecule has 3 fully saturated rings. The molecule has 3 saturated heterocycles. The summed E-state index contributed by atoms with van der Waals surface area (Å²) in [5.74, 6) is 1.72. The minimum Gasteiger partial charge on any atom is -0.481 e. The summed E-state index contributed by atoms with van der Waals surface area (Å²) in [6.45, 7) is 9.35. The summed E-state index contributed by atoms with van der Waals surface area (Å²) in [5.41, 5.74) is 6.83. The van der Waals surface area contributed by atoms with Crippen LogP contribution in [-0.2, 0) is 6.54 Å². The number of fused-ring (bicyclic) bond motifs is 3. The van der Waals surface area contributed by atoms with Crippen molar-refractivity contribution in [1.82, 2.24) is 24.5 Å². The van der Waals surface area contributed by atoms with Crippen LogP contribution < -0.4 is 15.0 Å². The van der Waals surface area contributed by atoms with Crippen molar-refractivity contribution in [2.45, 2.75) is 51.9 Å². The number of hydrogen-bond donors (Lipinski definition) is 1. The van der Waals surface area contributed by atoms with Crippen LogP contribution in [0.4, 0.5) is 11.5 Å². The number of methoxy groups -OCH3 is 1. The van der Waals surface area contributed by atoms with E-state index in [1.54, 1.807) is 7.11 Å². The molecule has 2 atom stereocenters. The van der Waals surface area contributed by atoms with Crippen LogP contribution in [0.15, 0.2) is 55.1 Å². The summed E-state index contributed by atoms with van der Waals surface area (Å²) in [7, 11) is 1.65. The molecule has 4 aromatic rings. The number of nitrogens with zero attached hydrogens (tertiary/aromatic N) is 6. The van der Waals surface area contributed by atoms with Gasteiger partial charge >= 0.3 is 0 Å². The number of aromatic nitrogens is 4. The first-order valence-electron chi connectivity index (χ1n) is 12.7. The number of pyridine rings is 3. The second kappa shape index (κ2) is 9.09. The smallest absolute Gasteiger partial charge is 0.212 e. The number of rotatable bonds is 7. The fraction of sp³-hybridized carbons (Fsp3) is 0.393. The molecule has 4 aromatic heterocycles. The second-order valence-corrected chi connectivity index (χ2v) is 10.3. The van der Waals surface area contributed by atoms with E-state index < -0.39 is 0 Å². The lowest BCUT2D eigenvalue weighted by molar-refractivity contribution is -0.00876. The van der Waals surface area contributed by atoms with Gasteiger partial charge in [-0.25, -0.2) is 14.5 Å². The highest BCUT2D eigenvalue weighted by Crippen LogP contribution is 2.36. The monoisotopic (exact) mass is 483 g/mol. The summed E-state index contributed by atoms with van der Waals surface area (Å²) in [6.07, 6.45) is 9.17. The maximum Gasteiger partial charge on any atom is 0.212 e. The number of piperidine rings is 1. The van der Waals surface area contributed by atoms with E-state index in [1.807, 2.05) is 29.2 Å². The number of nitrogens with one attached hydrogen (secondary N) is 1. The molecule has 186 valence electrons. The first-order valence-corrected chi connectivity index (χ1v) is 12.7. The van der Waals surface area contributed by atoms with Gasteiger partial charge in [0.05, 0.1) is 30.7 Å². The van der Waals surface area contributed by atoms with Crippen LogP contribution in [0.3, 0.4) is 0 Å². The highest BCUT2D eigenvalue weighted by molar-refractivity contribution is 5.84. The van der Waals surface area contributed by atoms with Gasteiger partial charge in [-0.05, 0) is 56.5 Å². The molecule has 8 nitrogen and oxygen atoms in total. The van der Waals surface area contributed by atoms with Gasteiger partial charge in [0.1, 0.15) is 5.82 Å². The Balaban J connectivity index is 1.18. The summed E-state index contributed by atoms with van der Waals surface area (Å²) < 4.78 is 7.15. The van der Waals surface area contributed by atoms with E-state index >= 15 is 0 Å². The topological polar surface area (TPSA) is 70.8 Å². The Morgan fingerprint density at radius 1 is 1.06 bits per heavy atom. The summed E-state index contributed by atoms with van der Waals surface area (Å²) in [6, 6.07) is 12.1. The van der Waals surface area contributed by atoms with Gasteiger partial charge in [-0.3, -0.25) is 4.90 Å². The third-order valence-electron chi connectivity index (χ3n) is 7.35. The Kier molecular flexibility index (Phi) is 5.76. The lowest BCUT2D eigenvalue weighted by Crippen LogP contribution is -2.68. The Bertz CT molecular complexity index is 1350. The van der Waals surface area contributed by atoms with Crippen molar-refractivity contribution >= 4 is 17.0 Å². The van der Waals surface area contributed by atoms with Gasteiger partial charge in [-0.15, -0.1) is 0 Å². The van der Waals surface area contributed by atoms with Gasteiger partial charge in [-0.1, -0.05) is 6.07 Å². The van der Waals surface area contributed by atoms with E-state index in [0.29, 0.717) is 24.0 Å². The van der Waals surface area contributed by atoms with Crippen molar-refractivity contribution in [1.29, 1.82) is 0 Å². The Morgan fingerprint density at radius 2 is 1.89 bits per heavy atom. The molecule has 2 unspecified atom stereocenters. The predicted molar refractivity (Wildman–Crippen MR) is 143 cm³/mol. The molecule has 7 rings (SSSR count). The van der Waals surface area contributed by atoms with Crippen LogP contribution in [0.1, 0.15) is 31.4 Å². The molecule has 0 aliphatic carbocycles. The first kappa shape index (κ1) is 22.8.